The van der Waals surface area contributed by atoms with Crippen LogP contribution in [-0.2, 0) is 4.79 Å². The Morgan fingerprint density at radius 2 is 2.37 bits per heavy atom. The maximum absolute atomic E-state index is 13.9. The number of aromatic nitrogens is 3. The fourth-order valence-corrected chi connectivity index (χ4v) is 1.52. The number of nitrogens with zero attached hydrogens (tertiary/aromatic N) is 3. The van der Waals surface area contributed by atoms with Gasteiger partial charge >= 0.3 is 0 Å². The molecule has 0 aliphatic heterocycles. The second kappa shape index (κ2) is 5.57. The molecule has 2 aromatic rings. The van der Waals surface area contributed by atoms with E-state index in [1.165, 1.54) is 29.5 Å². The number of carbonyl (C=O) groups is 1. The molecule has 0 saturated carbocycles. The van der Waals surface area contributed by atoms with Crippen molar-refractivity contribution in [2.24, 2.45) is 5.73 Å². The third-order valence-corrected chi connectivity index (χ3v) is 2.66. The van der Waals surface area contributed by atoms with Crippen LogP contribution in [0.25, 0.3) is 5.69 Å². The number of benzene rings is 1. The van der Waals surface area contributed by atoms with Crippen molar-refractivity contribution in [3.63, 3.8) is 0 Å². The molecule has 3 N–H and O–H groups in total. The molecule has 1 amide bonds. The molecule has 2 rings (SSSR count). The fraction of sp³-hybridized carbons (Fsp3) is 0.250. The van der Waals surface area contributed by atoms with Gasteiger partial charge in [0.2, 0.25) is 5.91 Å². The van der Waals surface area contributed by atoms with E-state index in [4.69, 9.17) is 5.73 Å². The van der Waals surface area contributed by atoms with Crippen LogP contribution in [0.15, 0.2) is 30.9 Å². The van der Waals surface area contributed by atoms with Gasteiger partial charge in [0, 0.05) is 5.69 Å². The average molecular weight is 263 g/mol. The van der Waals surface area contributed by atoms with Gasteiger partial charge in [-0.25, -0.2) is 14.1 Å². The largest absolute Gasteiger partial charge is 0.325 e. The first-order valence-corrected chi connectivity index (χ1v) is 5.82. The first kappa shape index (κ1) is 13.2. The Balaban J connectivity index is 2.18. The molecule has 1 heterocycles. The minimum atomic E-state index is -0.599. The minimum Gasteiger partial charge on any atom is -0.325 e. The van der Waals surface area contributed by atoms with Crippen molar-refractivity contribution in [3.05, 3.63) is 36.7 Å². The summed E-state index contributed by atoms with van der Waals surface area (Å²) in [5.74, 6) is -0.844. The third kappa shape index (κ3) is 2.94. The van der Waals surface area contributed by atoms with E-state index in [1.54, 1.807) is 13.0 Å². The summed E-state index contributed by atoms with van der Waals surface area (Å²) in [5, 5.41) is 6.39. The highest BCUT2D eigenvalue weighted by Gasteiger charge is 2.12. The number of hydrogen-bond donors (Lipinski definition) is 2. The molecule has 1 atom stereocenters. The standard InChI is InChI=1S/C12H14FN5O/c1-2-10(14)12(19)17-8-3-4-11(9(13)5-8)18-7-15-6-16-18/h3-7,10H,2,14H2,1H3,(H,17,19)/t10-/m1/s1. The van der Waals surface area contributed by atoms with Crippen molar-refractivity contribution in [2.75, 3.05) is 5.32 Å². The Bertz CT molecular complexity index is 570. The lowest BCUT2D eigenvalue weighted by Crippen LogP contribution is -2.34. The van der Waals surface area contributed by atoms with Gasteiger partial charge in [-0.05, 0) is 24.6 Å². The molecule has 100 valence electrons. The van der Waals surface area contributed by atoms with Gasteiger partial charge in [0.05, 0.1) is 6.04 Å². The van der Waals surface area contributed by atoms with Crippen molar-refractivity contribution in [3.8, 4) is 5.69 Å². The van der Waals surface area contributed by atoms with Crippen LogP contribution < -0.4 is 11.1 Å². The van der Waals surface area contributed by atoms with Gasteiger partial charge in [-0.2, -0.15) is 5.10 Å². The van der Waals surface area contributed by atoms with Crippen LogP contribution in [0.1, 0.15) is 13.3 Å². The van der Waals surface area contributed by atoms with Gasteiger partial charge in [0.25, 0.3) is 0 Å². The number of rotatable bonds is 4. The summed E-state index contributed by atoms with van der Waals surface area (Å²) in [5.41, 5.74) is 6.20. The van der Waals surface area contributed by atoms with E-state index in [9.17, 15) is 9.18 Å². The lowest BCUT2D eigenvalue weighted by atomic mass is 10.2. The van der Waals surface area contributed by atoms with E-state index in [0.717, 1.165) is 0 Å². The normalized spacial score (nSPS) is 12.2. The van der Waals surface area contributed by atoms with Crippen LogP contribution in [-0.4, -0.2) is 26.7 Å². The molecule has 0 fully saturated rings. The summed E-state index contributed by atoms with van der Waals surface area (Å²) >= 11 is 0. The summed E-state index contributed by atoms with van der Waals surface area (Å²) in [7, 11) is 0. The number of amides is 1. The van der Waals surface area contributed by atoms with E-state index in [-0.39, 0.29) is 11.6 Å². The second-order valence-corrected chi connectivity index (χ2v) is 4.01. The molecule has 19 heavy (non-hydrogen) atoms. The smallest absolute Gasteiger partial charge is 0.241 e. The van der Waals surface area contributed by atoms with Gasteiger partial charge in [-0.1, -0.05) is 6.92 Å². The number of anilines is 1. The maximum Gasteiger partial charge on any atom is 0.241 e. The lowest BCUT2D eigenvalue weighted by molar-refractivity contribution is -0.117. The van der Waals surface area contributed by atoms with E-state index in [1.807, 2.05) is 0 Å². The first-order chi connectivity index (χ1) is 9.11. The van der Waals surface area contributed by atoms with Crippen LogP contribution in [0.3, 0.4) is 0 Å². The Kier molecular flexibility index (Phi) is 3.86. The van der Waals surface area contributed by atoms with Crippen LogP contribution in [0.5, 0.6) is 0 Å². The van der Waals surface area contributed by atoms with Crippen molar-refractivity contribution < 1.29 is 9.18 Å². The molecule has 0 saturated heterocycles. The topological polar surface area (TPSA) is 85.8 Å². The highest BCUT2D eigenvalue weighted by atomic mass is 19.1. The maximum atomic E-state index is 13.9. The van der Waals surface area contributed by atoms with Crippen molar-refractivity contribution in [1.82, 2.24) is 14.8 Å². The van der Waals surface area contributed by atoms with E-state index < -0.39 is 11.9 Å². The van der Waals surface area contributed by atoms with Crippen LogP contribution in [0, 0.1) is 5.82 Å². The number of carbonyl (C=O) groups excluding carboxylic acids is 1. The summed E-state index contributed by atoms with van der Waals surface area (Å²) < 4.78 is 15.2. The summed E-state index contributed by atoms with van der Waals surface area (Å²) in [6, 6.07) is 3.72. The van der Waals surface area contributed by atoms with Crippen LogP contribution >= 0.6 is 0 Å². The lowest BCUT2D eigenvalue weighted by Gasteiger charge is -2.11. The van der Waals surface area contributed by atoms with Gasteiger partial charge in [0.1, 0.15) is 18.3 Å². The number of halogens is 1. The Hall–Kier alpha value is -2.28. The molecule has 0 spiro atoms. The average Bonchev–Trinajstić information content (AvgIpc) is 2.91. The van der Waals surface area contributed by atoms with Gasteiger partial charge in [-0.15, -0.1) is 0 Å². The summed E-state index contributed by atoms with van der Waals surface area (Å²) in [4.78, 5) is 15.3. The molecular weight excluding hydrogens is 249 g/mol. The van der Waals surface area contributed by atoms with Crippen LogP contribution in [0.4, 0.5) is 10.1 Å². The molecular formula is C12H14FN5O. The number of nitrogens with one attached hydrogen (secondary N) is 1. The van der Waals surface area contributed by atoms with Crippen molar-refractivity contribution in [2.45, 2.75) is 19.4 Å². The van der Waals surface area contributed by atoms with Gasteiger partial charge in [0.15, 0.2) is 5.82 Å². The zero-order valence-corrected chi connectivity index (χ0v) is 10.4. The highest BCUT2D eigenvalue weighted by Crippen LogP contribution is 2.17. The molecule has 0 radical (unpaired) electrons. The molecule has 7 heteroatoms. The molecule has 1 aromatic carbocycles. The minimum absolute atomic E-state index is 0.260. The quantitative estimate of drug-likeness (QED) is 0.864. The fourth-order valence-electron chi connectivity index (χ4n) is 1.52. The zero-order valence-electron chi connectivity index (χ0n) is 10.4. The third-order valence-electron chi connectivity index (χ3n) is 2.66. The number of nitrogens with two attached hydrogens (primary N) is 1. The SMILES string of the molecule is CC[C@@H](N)C(=O)Nc1ccc(-n2cncn2)c(F)c1. The predicted octanol–water partition coefficient (Wildman–Crippen LogP) is 1.08. The molecule has 1 aromatic heterocycles. The predicted molar refractivity (Wildman–Crippen MR) is 68.2 cm³/mol. The van der Waals surface area contributed by atoms with Gasteiger partial charge in [-0.3, -0.25) is 4.79 Å². The van der Waals surface area contributed by atoms with E-state index in [0.29, 0.717) is 12.1 Å². The van der Waals surface area contributed by atoms with Gasteiger partial charge < -0.3 is 11.1 Å². The summed E-state index contributed by atoms with van der Waals surface area (Å²) in [6.07, 6.45) is 3.23. The Morgan fingerprint density at radius 3 is 2.95 bits per heavy atom. The molecule has 0 aliphatic rings. The van der Waals surface area contributed by atoms with E-state index >= 15 is 0 Å². The van der Waals surface area contributed by atoms with Crippen molar-refractivity contribution in [1.29, 1.82) is 0 Å². The highest BCUT2D eigenvalue weighted by molar-refractivity contribution is 5.94. The Labute approximate surface area is 109 Å². The zero-order chi connectivity index (χ0) is 13.8. The van der Waals surface area contributed by atoms with Crippen molar-refractivity contribution >= 4 is 11.6 Å². The second-order valence-electron chi connectivity index (χ2n) is 4.01. The first-order valence-electron chi connectivity index (χ1n) is 5.82. The Morgan fingerprint density at radius 1 is 1.58 bits per heavy atom. The monoisotopic (exact) mass is 263 g/mol. The molecule has 0 unspecified atom stereocenters. The molecule has 0 aliphatic carbocycles. The molecule has 6 nitrogen and oxygen atoms in total. The summed E-state index contributed by atoms with van der Waals surface area (Å²) in [6.45, 7) is 1.80. The number of hydrogen-bond acceptors (Lipinski definition) is 4. The van der Waals surface area contributed by atoms with Crippen LogP contribution in [0.2, 0.25) is 0 Å². The van der Waals surface area contributed by atoms with E-state index in [2.05, 4.69) is 15.4 Å². The molecule has 0 bridgehead atoms.